The highest BCUT2D eigenvalue weighted by atomic mass is 19.1. The summed E-state index contributed by atoms with van der Waals surface area (Å²) in [6.45, 7) is 1.51. The molecular weight excluding hydrogens is 409 g/mol. The molecule has 2 aromatic heterocycles. The minimum absolute atomic E-state index is 0.105. The van der Waals surface area contributed by atoms with E-state index in [9.17, 15) is 14.0 Å². The van der Waals surface area contributed by atoms with Gasteiger partial charge in [-0.25, -0.2) is 9.37 Å². The maximum absolute atomic E-state index is 13.4. The zero-order chi connectivity index (χ0) is 22.1. The summed E-state index contributed by atoms with van der Waals surface area (Å²) in [4.78, 5) is 31.1. The van der Waals surface area contributed by atoms with Gasteiger partial charge in [-0.2, -0.15) is 0 Å². The number of rotatable bonds is 5. The zero-order valence-corrected chi connectivity index (χ0v) is 17.9. The molecule has 2 fully saturated rings. The third-order valence-corrected chi connectivity index (χ3v) is 6.50. The Morgan fingerprint density at radius 3 is 2.56 bits per heavy atom. The Bertz CT molecular complexity index is 1200. The molecule has 5 rings (SSSR count). The molecule has 3 heterocycles. The van der Waals surface area contributed by atoms with E-state index < -0.39 is 0 Å². The van der Waals surface area contributed by atoms with Gasteiger partial charge in [-0.3, -0.25) is 14.2 Å². The number of carbonyl (C=O) groups is 1. The van der Waals surface area contributed by atoms with Gasteiger partial charge in [0.2, 0.25) is 0 Å². The van der Waals surface area contributed by atoms with Crippen molar-refractivity contribution >= 4 is 16.9 Å². The van der Waals surface area contributed by atoms with E-state index >= 15 is 0 Å². The lowest BCUT2D eigenvalue weighted by Gasteiger charge is -2.26. The molecule has 0 spiro atoms. The first-order chi connectivity index (χ1) is 15.6. The Kier molecular flexibility index (Phi) is 5.74. The number of amides is 1. The van der Waals surface area contributed by atoms with Crippen molar-refractivity contribution in [1.82, 2.24) is 14.9 Å². The third kappa shape index (κ3) is 4.17. The number of carbonyl (C=O) groups excluding carboxylic acids is 1. The van der Waals surface area contributed by atoms with E-state index in [4.69, 9.17) is 4.74 Å². The molecule has 7 heteroatoms. The van der Waals surface area contributed by atoms with Crippen LogP contribution in [0.4, 0.5) is 4.39 Å². The fourth-order valence-corrected chi connectivity index (χ4v) is 4.53. The van der Waals surface area contributed by atoms with Gasteiger partial charge in [0.15, 0.2) is 0 Å². The number of hydrogen-bond donors (Lipinski definition) is 1. The molecule has 1 aromatic carbocycles. The molecule has 166 valence electrons. The highest BCUT2D eigenvalue weighted by Crippen LogP contribution is 2.26. The number of pyridine rings is 2. The van der Waals surface area contributed by atoms with Crippen LogP contribution in [0.2, 0.25) is 0 Å². The predicted octanol–water partition coefficient (Wildman–Crippen LogP) is 3.76. The molecule has 0 atom stereocenters. The number of benzene rings is 1. The van der Waals surface area contributed by atoms with Crippen molar-refractivity contribution in [3.05, 3.63) is 75.5 Å². The van der Waals surface area contributed by atoms with Crippen molar-refractivity contribution < 1.29 is 13.9 Å². The van der Waals surface area contributed by atoms with Crippen LogP contribution in [0.3, 0.4) is 0 Å². The minimum Gasteiger partial charge on any atom is -0.380 e. The number of halogens is 1. The Balaban J connectivity index is 1.56. The summed E-state index contributed by atoms with van der Waals surface area (Å²) in [5.74, 6) is -0.394. The third-order valence-electron chi connectivity index (χ3n) is 6.50. The van der Waals surface area contributed by atoms with E-state index in [0.29, 0.717) is 18.9 Å². The van der Waals surface area contributed by atoms with E-state index in [1.807, 2.05) is 6.07 Å². The number of fused-ring (bicyclic) bond motifs is 1. The minimum atomic E-state index is -0.387. The fraction of sp³-hybridized carbons (Fsp3) is 0.400. The van der Waals surface area contributed by atoms with Crippen LogP contribution in [-0.4, -0.2) is 34.7 Å². The SMILES string of the molecule is O=C(NC1CCCCC1)c1cc2cc(C3COC3)cnc2n(Cc2ccc(F)cc2)c1=O. The summed E-state index contributed by atoms with van der Waals surface area (Å²) in [5.41, 5.74) is 2.04. The van der Waals surface area contributed by atoms with Crippen LogP contribution < -0.4 is 10.9 Å². The summed E-state index contributed by atoms with van der Waals surface area (Å²) in [5, 5.41) is 3.80. The van der Waals surface area contributed by atoms with E-state index in [-0.39, 0.29) is 41.4 Å². The van der Waals surface area contributed by atoms with Crippen molar-refractivity contribution in [2.45, 2.75) is 50.6 Å². The lowest BCUT2D eigenvalue weighted by Crippen LogP contribution is -2.40. The summed E-state index contributed by atoms with van der Waals surface area (Å²) < 4.78 is 20.2. The summed E-state index contributed by atoms with van der Waals surface area (Å²) >= 11 is 0. The quantitative estimate of drug-likeness (QED) is 0.662. The average Bonchev–Trinajstić information content (AvgIpc) is 2.76. The number of ether oxygens (including phenoxy) is 1. The van der Waals surface area contributed by atoms with Crippen LogP contribution in [0, 0.1) is 5.82 Å². The largest absolute Gasteiger partial charge is 0.380 e. The van der Waals surface area contributed by atoms with Gasteiger partial charge >= 0.3 is 0 Å². The number of nitrogens with one attached hydrogen (secondary N) is 1. The van der Waals surface area contributed by atoms with Crippen molar-refractivity contribution in [2.24, 2.45) is 0 Å². The predicted molar refractivity (Wildman–Crippen MR) is 119 cm³/mol. The van der Waals surface area contributed by atoms with Crippen LogP contribution in [0.5, 0.6) is 0 Å². The normalized spacial score (nSPS) is 17.3. The maximum Gasteiger partial charge on any atom is 0.265 e. The molecule has 0 bridgehead atoms. The van der Waals surface area contributed by atoms with Gasteiger partial charge in [0.25, 0.3) is 11.5 Å². The first-order valence-electron chi connectivity index (χ1n) is 11.2. The highest BCUT2D eigenvalue weighted by Gasteiger charge is 2.24. The van der Waals surface area contributed by atoms with Crippen LogP contribution in [-0.2, 0) is 11.3 Å². The second-order valence-corrected chi connectivity index (χ2v) is 8.80. The van der Waals surface area contributed by atoms with Crippen LogP contribution in [0.1, 0.15) is 59.5 Å². The molecule has 1 aliphatic carbocycles. The van der Waals surface area contributed by atoms with Crippen molar-refractivity contribution in [3.63, 3.8) is 0 Å². The average molecular weight is 435 g/mol. The van der Waals surface area contributed by atoms with Crippen molar-refractivity contribution in [1.29, 1.82) is 0 Å². The zero-order valence-electron chi connectivity index (χ0n) is 17.9. The van der Waals surface area contributed by atoms with Crippen LogP contribution >= 0.6 is 0 Å². The molecule has 0 unspecified atom stereocenters. The molecule has 1 saturated carbocycles. The smallest absolute Gasteiger partial charge is 0.265 e. The molecule has 0 radical (unpaired) electrons. The maximum atomic E-state index is 13.4. The Labute approximate surface area is 185 Å². The number of aromatic nitrogens is 2. The van der Waals surface area contributed by atoms with E-state index in [1.165, 1.54) is 23.1 Å². The first kappa shape index (κ1) is 20.8. The molecule has 1 N–H and O–H groups in total. The van der Waals surface area contributed by atoms with E-state index in [2.05, 4.69) is 10.3 Å². The summed E-state index contributed by atoms with van der Waals surface area (Å²) in [6.07, 6.45) is 7.03. The highest BCUT2D eigenvalue weighted by molar-refractivity contribution is 5.97. The van der Waals surface area contributed by atoms with Gasteiger partial charge < -0.3 is 10.1 Å². The number of nitrogens with zero attached hydrogens (tertiary/aromatic N) is 2. The van der Waals surface area contributed by atoms with Gasteiger partial charge in [-0.05, 0) is 48.2 Å². The lowest BCUT2D eigenvalue weighted by atomic mass is 9.95. The van der Waals surface area contributed by atoms with Gasteiger partial charge in [-0.1, -0.05) is 31.4 Å². The van der Waals surface area contributed by atoms with Crippen LogP contribution in [0.25, 0.3) is 11.0 Å². The van der Waals surface area contributed by atoms with Gasteiger partial charge in [0, 0.05) is 23.5 Å². The Hall–Kier alpha value is -3.06. The lowest BCUT2D eigenvalue weighted by molar-refractivity contribution is 0.00835. The Morgan fingerprint density at radius 1 is 1.12 bits per heavy atom. The standard InChI is InChI=1S/C25H26FN3O3/c26-20-8-6-16(7-9-20)13-29-23-17(10-18(12-27-23)19-14-32-15-19)11-22(25(29)31)24(30)28-21-4-2-1-3-5-21/h6-12,19,21H,1-5,13-15H2,(H,28,30). The van der Waals surface area contributed by atoms with Gasteiger partial charge in [0.1, 0.15) is 17.0 Å². The molecule has 3 aromatic rings. The van der Waals surface area contributed by atoms with E-state index in [0.717, 1.165) is 42.2 Å². The van der Waals surface area contributed by atoms with E-state index in [1.54, 1.807) is 24.4 Å². The molecule has 32 heavy (non-hydrogen) atoms. The van der Waals surface area contributed by atoms with Gasteiger partial charge in [0.05, 0.1) is 19.8 Å². The van der Waals surface area contributed by atoms with Crippen LogP contribution in [0.15, 0.2) is 47.4 Å². The molecule has 1 saturated heterocycles. The van der Waals surface area contributed by atoms with Crippen molar-refractivity contribution in [2.75, 3.05) is 13.2 Å². The summed E-state index contributed by atoms with van der Waals surface area (Å²) in [7, 11) is 0. The van der Waals surface area contributed by atoms with Crippen molar-refractivity contribution in [3.8, 4) is 0 Å². The molecule has 1 amide bonds. The molecular formula is C25H26FN3O3. The summed E-state index contributed by atoms with van der Waals surface area (Å²) in [6, 6.07) is 9.77. The second-order valence-electron chi connectivity index (χ2n) is 8.80. The first-order valence-corrected chi connectivity index (χ1v) is 11.2. The molecule has 2 aliphatic rings. The molecule has 1 aliphatic heterocycles. The number of hydrogen-bond acceptors (Lipinski definition) is 4. The second kappa shape index (κ2) is 8.82. The topological polar surface area (TPSA) is 73.2 Å². The monoisotopic (exact) mass is 435 g/mol. The molecule has 6 nitrogen and oxygen atoms in total. The Morgan fingerprint density at radius 2 is 1.88 bits per heavy atom. The van der Waals surface area contributed by atoms with Gasteiger partial charge in [-0.15, -0.1) is 0 Å². The fourth-order valence-electron chi connectivity index (χ4n) is 4.53.